The fourth-order valence-corrected chi connectivity index (χ4v) is 1.21. The maximum atomic E-state index is 11.4. The molecule has 0 bridgehead atoms. The number of aromatic nitrogens is 2. The van der Waals surface area contributed by atoms with Crippen LogP contribution in [0.4, 0.5) is 0 Å². The van der Waals surface area contributed by atoms with Gasteiger partial charge in [-0.3, -0.25) is 14.6 Å². The Morgan fingerprint density at radius 3 is 2.79 bits per heavy atom. The number of rotatable bonds is 3. The Labute approximate surface area is 80.1 Å². The molecule has 1 aromatic heterocycles. The fraction of sp³-hybridized carbons (Fsp3) is 0.500. The summed E-state index contributed by atoms with van der Waals surface area (Å²) in [4.78, 5) is 22.6. The number of aryl methyl sites for hydroxylation is 1. The van der Waals surface area contributed by atoms with Gasteiger partial charge in [0.1, 0.15) is 5.69 Å². The van der Waals surface area contributed by atoms with Gasteiger partial charge >= 0.3 is 5.97 Å². The monoisotopic (exact) mass is 200 g/mol. The first-order valence-corrected chi connectivity index (χ1v) is 4.08. The van der Waals surface area contributed by atoms with E-state index < -0.39 is 5.97 Å². The number of hydrogen-bond acceptors (Lipinski definition) is 4. The van der Waals surface area contributed by atoms with Gasteiger partial charge in [-0.15, -0.1) is 0 Å². The van der Waals surface area contributed by atoms with E-state index in [-0.39, 0.29) is 29.8 Å². The molecule has 0 fully saturated rings. The highest BCUT2D eigenvalue weighted by molar-refractivity contribution is 5.88. The SMILES string of the molecule is COC(=O)c1[nH]n(C)c(=O)c1CCO. The summed E-state index contributed by atoms with van der Waals surface area (Å²) in [5.41, 5.74) is 0.0374. The van der Waals surface area contributed by atoms with Gasteiger partial charge < -0.3 is 9.84 Å². The van der Waals surface area contributed by atoms with Gasteiger partial charge in [0.15, 0.2) is 0 Å². The summed E-state index contributed by atoms with van der Waals surface area (Å²) in [6, 6.07) is 0. The van der Waals surface area contributed by atoms with Gasteiger partial charge in [0, 0.05) is 20.1 Å². The second kappa shape index (κ2) is 4.10. The largest absolute Gasteiger partial charge is 0.464 e. The summed E-state index contributed by atoms with van der Waals surface area (Å²) in [7, 11) is 2.73. The molecule has 0 aliphatic heterocycles. The average molecular weight is 200 g/mol. The van der Waals surface area contributed by atoms with E-state index in [1.54, 1.807) is 0 Å². The first-order valence-electron chi connectivity index (χ1n) is 4.08. The number of aliphatic hydroxyl groups is 1. The lowest BCUT2D eigenvalue weighted by Crippen LogP contribution is -2.16. The Hall–Kier alpha value is -1.56. The van der Waals surface area contributed by atoms with Crippen LogP contribution in [0.2, 0.25) is 0 Å². The molecule has 0 saturated carbocycles. The molecule has 2 N–H and O–H groups in total. The third-order valence-electron chi connectivity index (χ3n) is 1.90. The van der Waals surface area contributed by atoms with Crippen LogP contribution in [0, 0.1) is 0 Å². The highest BCUT2D eigenvalue weighted by Gasteiger charge is 2.18. The van der Waals surface area contributed by atoms with Crippen molar-refractivity contribution in [1.82, 2.24) is 9.78 Å². The molecule has 0 unspecified atom stereocenters. The van der Waals surface area contributed by atoms with Crippen molar-refractivity contribution in [2.24, 2.45) is 7.05 Å². The predicted molar refractivity (Wildman–Crippen MR) is 48.2 cm³/mol. The maximum absolute atomic E-state index is 11.4. The fourth-order valence-electron chi connectivity index (χ4n) is 1.21. The van der Waals surface area contributed by atoms with Gasteiger partial charge in [-0.25, -0.2) is 4.79 Å². The first kappa shape index (κ1) is 10.5. The Morgan fingerprint density at radius 1 is 1.64 bits per heavy atom. The molecule has 6 heteroatoms. The Bertz CT molecular complexity index is 391. The van der Waals surface area contributed by atoms with Crippen LogP contribution in [-0.4, -0.2) is 34.6 Å². The Balaban J connectivity index is 3.22. The van der Waals surface area contributed by atoms with E-state index in [0.29, 0.717) is 0 Å². The maximum Gasteiger partial charge on any atom is 0.356 e. The molecule has 0 saturated heterocycles. The molecule has 1 rings (SSSR count). The molecule has 6 nitrogen and oxygen atoms in total. The minimum atomic E-state index is -0.605. The lowest BCUT2D eigenvalue weighted by Gasteiger charge is -1.97. The summed E-state index contributed by atoms with van der Waals surface area (Å²) in [6.45, 7) is -0.183. The number of H-pyrrole nitrogens is 1. The van der Waals surface area contributed by atoms with Crippen molar-refractivity contribution in [3.63, 3.8) is 0 Å². The normalized spacial score (nSPS) is 10.2. The summed E-state index contributed by atoms with van der Waals surface area (Å²) >= 11 is 0. The molecule has 78 valence electrons. The number of ether oxygens (including phenoxy) is 1. The zero-order valence-corrected chi connectivity index (χ0v) is 8.03. The van der Waals surface area contributed by atoms with E-state index in [2.05, 4.69) is 9.84 Å². The molecule has 0 amide bonds. The Morgan fingerprint density at radius 2 is 2.29 bits per heavy atom. The lowest BCUT2D eigenvalue weighted by atomic mass is 10.2. The number of aliphatic hydroxyl groups excluding tert-OH is 1. The van der Waals surface area contributed by atoms with Crippen molar-refractivity contribution in [2.45, 2.75) is 6.42 Å². The first-order chi connectivity index (χ1) is 6.61. The van der Waals surface area contributed by atoms with Gasteiger partial charge in [-0.05, 0) is 0 Å². The van der Waals surface area contributed by atoms with Crippen molar-refractivity contribution in [2.75, 3.05) is 13.7 Å². The van der Waals surface area contributed by atoms with Gasteiger partial charge in [-0.1, -0.05) is 0 Å². The zero-order chi connectivity index (χ0) is 10.7. The average Bonchev–Trinajstić information content (AvgIpc) is 2.45. The van der Waals surface area contributed by atoms with Gasteiger partial charge in [-0.2, -0.15) is 0 Å². The number of carbonyl (C=O) groups is 1. The number of carbonyl (C=O) groups excluding carboxylic acids is 1. The van der Waals surface area contributed by atoms with Crippen LogP contribution in [0.5, 0.6) is 0 Å². The minimum Gasteiger partial charge on any atom is -0.464 e. The molecule has 0 aromatic carbocycles. The van der Waals surface area contributed by atoms with Crippen LogP contribution in [0.15, 0.2) is 4.79 Å². The third kappa shape index (κ3) is 1.69. The standard InChI is InChI=1S/C8H12N2O4/c1-10-7(12)5(3-4-11)6(9-10)8(13)14-2/h9,11H,3-4H2,1-2H3. The molecule has 1 aromatic rings. The van der Waals surface area contributed by atoms with Gasteiger partial charge in [0.2, 0.25) is 0 Å². The topological polar surface area (TPSA) is 84.3 Å². The summed E-state index contributed by atoms with van der Waals surface area (Å²) in [5, 5.41) is 11.3. The van der Waals surface area contributed by atoms with Crippen molar-refractivity contribution in [3.8, 4) is 0 Å². The van der Waals surface area contributed by atoms with Crippen molar-refractivity contribution in [1.29, 1.82) is 0 Å². The molecule has 0 atom stereocenters. The minimum absolute atomic E-state index is 0.106. The molecular weight excluding hydrogens is 188 g/mol. The zero-order valence-electron chi connectivity index (χ0n) is 8.03. The third-order valence-corrected chi connectivity index (χ3v) is 1.90. The molecule has 0 aliphatic rings. The summed E-state index contributed by atoms with van der Waals surface area (Å²) in [5.74, 6) is -0.605. The van der Waals surface area contributed by atoms with E-state index in [1.165, 1.54) is 18.8 Å². The predicted octanol–water partition coefficient (Wildman–Crippen LogP) is -0.965. The van der Waals surface area contributed by atoms with Crippen molar-refractivity contribution in [3.05, 3.63) is 21.6 Å². The molecule has 1 heterocycles. The van der Waals surface area contributed by atoms with Gasteiger partial charge in [0.25, 0.3) is 5.56 Å². The van der Waals surface area contributed by atoms with E-state index in [1.807, 2.05) is 0 Å². The van der Waals surface area contributed by atoms with E-state index in [0.717, 1.165) is 0 Å². The molecule has 0 radical (unpaired) electrons. The molecule has 0 aliphatic carbocycles. The second-order valence-electron chi connectivity index (χ2n) is 2.79. The second-order valence-corrected chi connectivity index (χ2v) is 2.79. The number of aromatic amines is 1. The quantitative estimate of drug-likeness (QED) is 0.615. The van der Waals surface area contributed by atoms with Crippen molar-refractivity contribution < 1.29 is 14.6 Å². The molecule has 14 heavy (non-hydrogen) atoms. The molecule has 0 spiro atoms. The Kier molecular flexibility index (Phi) is 3.08. The van der Waals surface area contributed by atoms with Crippen LogP contribution in [0.3, 0.4) is 0 Å². The number of hydrogen-bond donors (Lipinski definition) is 2. The highest BCUT2D eigenvalue weighted by Crippen LogP contribution is 2.03. The van der Waals surface area contributed by atoms with Crippen LogP contribution in [0.1, 0.15) is 16.1 Å². The van der Waals surface area contributed by atoms with Crippen LogP contribution in [0.25, 0.3) is 0 Å². The van der Waals surface area contributed by atoms with Crippen LogP contribution < -0.4 is 5.56 Å². The smallest absolute Gasteiger partial charge is 0.356 e. The van der Waals surface area contributed by atoms with E-state index in [9.17, 15) is 9.59 Å². The van der Waals surface area contributed by atoms with Crippen molar-refractivity contribution >= 4 is 5.97 Å². The van der Waals surface area contributed by atoms with E-state index in [4.69, 9.17) is 5.11 Å². The van der Waals surface area contributed by atoms with Crippen LogP contribution in [-0.2, 0) is 18.2 Å². The number of nitrogens with one attached hydrogen (secondary N) is 1. The highest BCUT2D eigenvalue weighted by atomic mass is 16.5. The number of methoxy groups -OCH3 is 1. The lowest BCUT2D eigenvalue weighted by molar-refractivity contribution is 0.0591. The van der Waals surface area contributed by atoms with E-state index >= 15 is 0 Å². The van der Waals surface area contributed by atoms with Gasteiger partial charge in [0.05, 0.1) is 12.7 Å². The number of esters is 1. The van der Waals surface area contributed by atoms with Crippen LogP contribution >= 0.6 is 0 Å². The summed E-state index contributed by atoms with van der Waals surface area (Å²) < 4.78 is 5.67. The summed E-state index contributed by atoms with van der Waals surface area (Å²) in [6.07, 6.45) is 0.139. The number of nitrogens with zero attached hydrogens (tertiary/aromatic N) is 1. The molecular formula is C8H12N2O4.